The van der Waals surface area contributed by atoms with E-state index >= 15 is 0 Å². The first-order valence-electron chi connectivity index (χ1n) is 8.70. The fourth-order valence-corrected chi connectivity index (χ4v) is 5.26. The van der Waals surface area contributed by atoms with Crippen LogP contribution in [-0.2, 0) is 20.2 Å². The van der Waals surface area contributed by atoms with Crippen molar-refractivity contribution in [3.05, 3.63) is 66.7 Å². The number of nitrogens with zero attached hydrogens (tertiary/aromatic N) is 2. The number of azo groups is 1. The molecule has 0 amide bonds. The molecule has 4 rings (SSSR count). The van der Waals surface area contributed by atoms with Gasteiger partial charge in [-0.05, 0) is 35.0 Å². The fraction of sp³-hybridized carbons (Fsp3) is 0. The van der Waals surface area contributed by atoms with Gasteiger partial charge in [0, 0.05) is 10.8 Å². The molecule has 0 aliphatic rings. The molecule has 0 unspecified atom stereocenters. The minimum absolute atomic E-state index is 0.0744. The number of phenolic OH excluding ortho intramolecular Hbond substituents is 1. The Balaban J connectivity index is 1.86. The van der Waals surface area contributed by atoms with E-state index in [1.54, 1.807) is 18.2 Å². The molecule has 0 aliphatic heterocycles. The molecule has 0 spiro atoms. The van der Waals surface area contributed by atoms with Gasteiger partial charge in [-0.2, -0.15) is 21.9 Å². The Hall–Kier alpha value is -3.38. The van der Waals surface area contributed by atoms with Crippen molar-refractivity contribution in [3.8, 4) is 5.75 Å². The Labute approximate surface area is 176 Å². The predicted octanol–water partition coefficient (Wildman–Crippen LogP) is 4.61. The quantitative estimate of drug-likeness (QED) is 0.298. The van der Waals surface area contributed by atoms with Gasteiger partial charge in [0.1, 0.15) is 21.2 Å². The average molecular weight is 458 g/mol. The topological polar surface area (TPSA) is 154 Å². The summed E-state index contributed by atoms with van der Waals surface area (Å²) < 4.78 is 65.4. The van der Waals surface area contributed by atoms with Crippen molar-refractivity contribution in [3.63, 3.8) is 0 Å². The van der Waals surface area contributed by atoms with Gasteiger partial charge in [-0.25, -0.2) is 0 Å². The summed E-state index contributed by atoms with van der Waals surface area (Å²) in [6.45, 7) is 0. The minimum Gasteiger partial charge on any atom is -0.506 e. The van der Waals surface area contributed by atoms with Gasteiger partial charge in [0.15, 0.2) is 0 Å². The molecule has 9 nitrogen and oxygen atoms in total. The van der Waals surface area contributed by atoms with E-state index in [-0.39, 0.29) is 27.9 Å². The second-order valence-corrected chi connectivity index (χ2v) is 9.35. The highest BCUT2D eigenvalue weighted by atomic mass is 32.2. The predicted molar refractivity (Wildman–Crippen MR) is 113 cm³/mol. The molecular weight excluding hydrogens is 444 g/mol. The molecule has 0 fully saturated rings. The normalized spacial score (nSPS) is 12.7. The second-order valence-electron chi connectivity index (χ2n) is 6.60. The van der Waals surface area contributed by atoms with Gasteiger partial charge < -0.3 is 5.11 Å². The molecule has 158 valence electrons. The van der Waals surface area contributed by atoms with Crippen LogP contribution in [-0.4, -0.2) is 31.0 Å². The van der Waals surface area contributed by atoms with E-state index in [1.165, 1.54) is 30.3 Å². The van der Waals surface area contributed by atoms with E-state index in [0.29, 0.717) is 5.39 Å². The number of fused-ring (bicyclic) bond motifs is 2. The number of phenols is 1. The summed E-state index contributed by atoms with van der Waals surface area (Å²) in [7, 11) is -9.87. The van der Waals surface area contributed by atoms with Gasteiger partial charge in [-0.3, -0.25) is 9.11 Å². The van der Waals surface area contributed by atoms with Crippen molar-refractivity contribution in [2.75, 3.05) is 0 Å². The number of hydrogen-bond acceptors (Lipinski definition) is 7. The summed E-state index contributed by atoms with van der Waals surface area (Å²) in [5.41, 5.74) is 0.527. The Bertz CT molecular complexity index is 1600. The SMILES string of the molecule is O=S(=O)(O)c1ccc2cc(N=Nc3c(O)ccc4ccccc34)ccc2c1S(=O)(=O)O. The molecule has 4 aromatic rings. The number of benzene rings is 4. The lowest BCUT2D eigenvalue weighted by molar-refractivity contribution is 0.467. The summed E-state index contributed by atoms with van der Waals surface area (Å²) in [6.07, 6.45) is 0. The minimum atomic E-state index is -4.97. The van der Waals surface area contributed by atoms with Crippen molar-refractivity contribution < 1.29 is 31.0 Å². The monoisotopic (exact) mass is 458 g/mol. The zero-order valence-electron chi connectivity index (χ0n) is 15.5. The Kier molecular flexibility index (Phi) is 4.98. The van der Waals surface area contributed by atoms with Crippen molar-refractivity contribution >= 4 is 53.2 Å². The molecule has 0 aliphatic carbocycles. The highest BCUT2D eigenvalue weighted by Gasteiger charge is 2.26. The number of hydrogen-bond donors (Lipinski definition) is 3. The summed E-state index contributed by atoms with van der Waals surface area (Å²) in [5.74, 6) is -0.0744. The fourth-order valence-electron chi connectivity index (χ4n) is 3.26. The van der Waals surface area contributed by atoms with Crippen molar-refractivity contribution in [1.82, 2.24) is 0 Å². The Morgan fingerprint density at radius 1 is 0.677 bits per heavy atom. The number of aromatic hydroxyl groups is 1. The van der Waals surface area contributed by atoms with Gasteiger partial charge in [-0.1, -0.05) is 42.5 Å². The van der Waals surface area contributed by atoms with Gasteiger partial charge in [-0.15, -0.1) is 5.11 Å². The first-order valence-corrected chi connectivity index (χ1v) is 11.6. The van der Waals surface area contributed by atoms with E-state index in [9.17, 15) is 31.0 Å². The van der Waals surface area contributed by atoms with Gasteiger partial charge in [0.2, 0.25) is 0 Å². The summed E-state index contributed by atoms with van der Waals surface area (Å²) in [5, 5.41) is 20.0. The Morgan fingerprint density at radius 3 is 2.10 bits per heavy atom. The summed E-state index contributed by atoms with van der Waals surface area (Å²) >= 11 is 0. The smallest absolute Gasteiger partial charge is 0.296 e. The lowest BCUT2D eigenvalue weighted by Crippen LogP contribution is -2.09. The highest BCUT2D eigenvalue weighted by molar-refractivity contribution is 7.89. The molecule has 4 aromatic carbocycles. The van der Waals surface area contributed by atoms with Crippen LogP contribution in [0.15, 0.2) is 86.7 Å². The number of rotatable bonds is 4. The van der Waals surface area contributed by atoms with E-state index in [1.807, 2.05) is 12.1 Å². The van der Waals surface area contributed by atoms with Crippen LogP contribution >= 0.6 is 0 Å². The van der Waals surface area contributed by atoms with Crippen LogP contribution in [0, 0.1) is 0 Å². The second kappa shape index (κ2) is 7.39. The molecule has 0 saturated heterocycles. The van der Waals surface area contributed by atoms with Crippen LogP contribution in [0.4, 0.5) is 11.4 Å². The van der Waals surface area contributed by atoms with E-state index in [2.05, 4.69) is 10.2 Å². The van der Waals surface area contributed by atoms with E-state index in [4.69, 9.17) is 0 Å². The van der Waals surface area contributed by atoms with Crippen LogP contribution < -0.4 is 0 Å². The lowest BCUT2D eigenvalue weighted by atomic mass is 10.1. The van der Waals surface area contributed by atoms with Crippen LogP contribution in [0.1, 0.15) is 0 Å². The zero-order chi connectivity index (χ0) is 22.4. The maximum Gasteiger partial charge on any atom is 0.296 e. The average Bonchev–Trinajstić information content (AvgIpc) is 2.70. The van der Waals surface area contributed by atoms with Crippen LogP contribution in [0.2, 0.25) is 0 Å². The maximum atomic E-state index is 11.8. The molecule has 0 saturated carbocycles. The van der Waals surface area contributed by atoms with Crippen molar-refractivity contribution in [2.45, 2.75) is 9.79 Å². The van der Waals surface area contributed by atoms with Gasteiger partial charge in [0.25, 0.3) is 20.2 Å². The third-order valence-electron chi connectivity index (χ3n) is 4.60. The largest absolute Gasteiger partial charge is 0.506 e. The summed E-state index contributed by atoms with van der Waals surface area (Å²) in [6, 6.07) is 16.7. The van der Waals surface area contributed by atoms with Crippen LogP contribution in [0.25, 0.3) is 21.5 Å². The zero-order valence-corrected chi connectivity index (χ0v) is 17.2. The molecular formula is C20H14N2O7S2. The summed E-state index contributed by atoms with van der Waals surface area (Å²) in [4.78, 5) is -1.86. The molecule has 0 heterocycles. The molecule has 31 heavy (non-hydrogen) atoms. The standard InChI is InChI=1S/C20H14N2O7S2/c23-17-9-5-12-3-1-2-4-15(12)19(17)22-21-14-7-8-16-13(11-14)6-10-18(30(24,25)26)20(16)31(27,28)29/h1-11,23H,(H,24,25,26)(H,27,28,29). The van der Waals surface area contributed by atoms with E-state index < -0.39 is 30.0 Å². The Morgan fingerprint density at radius 2 is 1.39 bits per heavy atom. The lowest BCUT2D eigenvalue weighted by Gasteiger charge is -2.09. The van der Waals surface area contributed by atoms with Crippen molar-refractivity contribution in [1.29, 1.82) is 0 Å². The van der Waals surface area contributed by atoms with Gasteiger partial charge >= 0.3 is 0 Å². The molecule has 11 heteroatoms. The molecule has 0 radical (unpaired) electrons. The molecule has 0 aromatic heterocycles. The van der Waals surface area contributed by atoms with E-state index in [0.717, 1.165) is 11.5 Å². The maximum absolute atomic E-state index is 11.8. The highest BCUT2D eigenvalue weighted by Crippen LogP contribution is 2.37. The first-order chi connectivity index (χ1) is 14.6. The van der Waals surface area contributed by atoms with Gasteiger partial charge in [0.05, 0.1) is 5.69 Å². The third kappa shape index (κ3) is 3.99. The molecule has 3 N–H and O–H groups in total. The van der Waals surface area contributed by atoms with Crippen LogP contribution in [0.3, 0.4) is 0 Å². The molecule has 0 atom stereocenters. The van der Waals surface area contributed by atoms with Crippen LogP contribution in [0.5, 0.6) is 5.75 Å². The third-order valence-corrected chi connectivity index (χ3v) is 6.58. The molecule has 0 bridgehead atoms. The first kappa shape index (κ1) is 20.9. The van der Waals surface area contributed by atoms with Crippen molar-refractivity contribution in [2.24, 2.45) is 10.2 Å².